The predicted octanol–water partition coefficient (Wildman–Crippen LogP) is 4.43. The molecule has 1 aromatic carbocycles. The van der Waals surface area contributed by atoms with Crippen LogP contribution in [0.2, 0.25) is 10.0 Å². The fourth-order valence-corrected chi connectivity index (χ4v) is 5.17. The third kappa shape index (κ3) is 4.62. The molecule has 0 spiro atoms. The Morgan fingerprint density at radius 1 is 1.15 bits per heavy atom. The monoisotopic (exact) mass is 507 g/mol. The smallest absolute Gasteiger partial charge is 0.225 e. The van der Waals surface area contributed by atoms with Gasteiger partial charge in [0.1, 0.15) is 11.3 Å². The summed E-state index contributed by atoms with van der Waals surface area (Å²) < 4.78 is 21.1. The number of primary amides is 1. The number of benzene rings is 1. The quantitative estimate of drug-likeness (QED) is 0.451. The van der Waals surface area contributed by atoms with Crippen molar-refractivity contribution in [3.05, 3.63) is 34.2 Å². The number of nitrogens with zero attached hydrogens (tertiary/aromatic N) is 4. The van der Waals surface area contributed by atoms with E-state index in [0.717, 1.165) is 19.3 Å². The van der Waals surface area contributed by atoms with E-state index in [1.54, 1.807) is 6.20 Å². The van der Waals surface area contributed by atoms with Crippen molar-refractivity contribution < 1.29 is 13.9 Å². The van der Waals surface area contributed by atoms with Gasteiger partial charge in [-0.1, -0.05) is 23.2 Å². The highest BCUT2D eigenvalue weighted by Crippen LogP contribution is 2.39. The van der Waals surface area contributed by atoms with Gasteiger partial charge in [-0.05, 0) is 44.2 Å². The van der Waals surface area contributed by atoms with E-state index in [-0.39, 0.29) is 34.0 Å². The lowest BCUT2D eigenvalue weighted by Gasteiger charge is -2.29. The lowest BCUT2D eigenvalue weighted by atomic mass is 9.85. The van der Waals surface area contributed by atoms with Gasteiger partial charge in [-0.2, -0.15) is 4.98 Å². The van der Waals surface area contributed by atoms with E-state index in [0.29, 0.717) is 54.8 Å². The summed E-state index contributed by atoms with van der Waals surface area (Å²) in [6.45, 7) is 1.31. The maximum Gasteiger partial charge on any atom is 0.225 e. The van der Waals surface area contributed by atoms with Crippen molar-refractivity contribution in [2.75, 3.05) is 23.8 Å². The molecule has 180 valence electrons. The number of aromatic nitrogens is 4. The Morgan fingerprint density at radius 2 is 1.88 bits per heavy atom. The molecule has 1 saturated heterocycles. The molecule has 4 N–H and O–H groups in total. The first-order chi connectivity index (χ1) is 16.4. The predicted molar refractivity (Wildman–Crippen MR) is 128 cm³/mol. The number of rotatable bonds is 6. The average molecular weight is 508 g/mol. The van der Waals surface area contributed by atoms with Crippen LogP contribution in [-0.2, 0) is 9.53 Å². The van der Waals surface area contributed by atoms with Gasteiger partial charge in [-0.25, -0.2) is 14.4 Å². The van der Waals surface area contributed by atoms with Crippen molar-refractivity contribution in [1.82, 2.24) is 19.5 Å². The molecule has 0 bridgehead atoms. The summed E-state index contributed by atoms with van der Waals surface area (Å²) in [5, 5.41) is 6.76. The van der Waals surface area contributed by atoms with E-state index in [1.165, 1.54) is 12.1 Å². The van der Waals surface area contributed by atoms with Gasteiger partial charge in [0.15, 0.2) is 5.65 Å². The number of anilines is 3. The molecule has 1 unspecified atom stereocenters. The molecule has 2 aliphatic rings. The van der Waals surface area contributed by atoms with Crippen LogP contribution < -0.4 is 16.4 Å². The summed E-state index contributed by atoms with van der Waals surface area (Å²) in [5.41, 5.74) is 7.10. The first-order valence-electron chi connectivity index (χ1n) is 11.2. The Morgan fingerprint density at radius 3 is 2.53 bits per heavy atom. The molecule has 0 radical (unpaired) electrons. The zero-order valence-electron chi connectivity index (χ0n) is 18.2. The molecule has 5 rings (SSSR count). The molecule has 3 heterocycles. The van der Waals surface area contributed by atoms with Gasteiger partial charge in [-0.3, -0.25) is 9.36 Å². The summed E-state index contributed by atoms with van der Waals surface area (Å²) in [4.78, 5) is 25.5. The number of carbonyl (C=O) groups excluding carboxylic acids is 1. The molecule has 1 aliphatic carbocycles. The Labute approximate surface area is 205 Å². The minimum atomic E-state index is -0.531. The SMILES string of the molecule is NC(=O)C1CCC(n2c(Nc3c(Cl)cc(F)cc3Cl)nc3cnc(NC4CCOC4)nc32)CC1. The van der Waals surface area contributed by atoms with Crippen LogP contribution in [0.4, 0.5) is 22.0 Å². The lowest BCUT2D eigenvalue weighted by Crippen LogP contribution is -2.29. The topological polar surface area (TPSA) is 120 Å². The maximum atomic E-state index is 13.7. The minimum absolute atomic E-state index is 0.0127. The average Bonchev–Trinajstić information content (AvgIpc) is 3.43. The summed E-state index contributed by atoms with van der Waals surface area (Å²) in [6, 6.07) is 2.53. The van der Waals surface area contributed by atoms with Crippen LogP contribution in [0, 0.1) is 11.7 Å². The van der Waals surface area contributed by atoms with Crippen molar-refractivity contribution >= 4 is 57.9 Å². The Balaban J connectivity index is 1.54. The normalized spacial score (nSPS) is 22.7. The second-order valence-corrected chi connectivity index (χ2v) is 9.50. The zero-order valence-corrected chi connectivity index (χ0v) is 19.7. The van der Waals surface area contributed by atoms with E-state index in [4.69, 9.17) is 38.7 Å². The van der Waals surface area contributed by atoms with Gasteiger partial charge in [0.05, 0.1) is 34.6 Å². The van der Waals surface area contributed by atoms with Crippen molar-refractivity contribution in [2.45, 2.75) is 44.2 Å². The van der Waals surface area contributed by atoms with E-state index >= 15 is 0 Å². The van der Waals surface area contributed by atoms with Gasteiger partial charge >= 0.3 is 0 Å². The highest BCUT2D eigenvalue weighted by Gasteiger charge is 2.29. The number of carbonyl (C=O) groups is 1. The number of hydrogen-bond donors (Lipinski definition) is 3. The highest BCUT2D eigenvalue weighted by atomic mass is 35.5. The molecule has 34 heavy (non-hydrogen) atoms. The van der Waals surface area contributed by atoms with Crippen LogP contribution in [0.3, 0.4) is 0 Å². The maximum absolute atomic E-state index is 13.7. The van der Waals surface area contributed by atoms with Crippen molar-refractivity contribution in [1.29, 1.82) is 0 Å². The Kier molecular flexibility index (Phi) is 6.46. The van der Waals surface area contributed by atoms with Crippen LogP contribution in [0.25, 0.3) is 11.2 Å². The van der Waals surface area contributed by atoms with Gasteiger partial charge in [-0.15, -0.1) is 0 Å². The molecule has 2 aromatic heterocycles. The lowest BCUT2D eigenvalue weighted by molar-refractivity contribution is -0.122. The van der Waals surface area contributed by atoms with E-state index < -0.39 is 5.82 Å². The molecule has 9 nitrogen and oxygen atoms in total. The molecule has 2 fully saturated rings. The number of hydrogen-bond acceptors (Lipinski definition) is 7. The molecular weight excluding hydrogens is 484 g/mol. The van der Waals surface area contributed by atoms with Crippen LogP contribution in [0.1, 0.15) is 38.1 Å². The highest BCUT2D eigenvalue weighted by molar-refractivity contribution is 6.39. The standard InChI is InChI=1S/C22H24Cl2FN7O2/c23-15-7-12(25)8-16(24)18(15)30-22-29-17-9-27-21(28-13-5-6-34-10-13)31-20(17)32(22)14-3-1-11(2-4-14)19(26)33/h7-9,11,13-14H,1-6,10H2,(H2,26,33)(H,29,30)(H,27,28,31). The number of halogens is 3. The molecule has 12 heteroatoms. The minimum Gasteiger partial charge on any atom is -0.379 e. The molecular formula is C22H24Cl2FN7O2. The third-order valence-corrected chi connectivity index (χ3v) is 7.00. The largest absolute Gasteiger partial charge is 0.379 e. The first-order valence-corrected chi connectivity index (χ1v) is 11.9. The van der Waals surface area contributed by atoms with Crippen molar-refractivity contribution in [3.63, 3.8) is 0 Å². The molecule has 3 aromatic rings. The number of imidazole rings is 1. The fraction of sp³-hybridized carbons (Fsp3) is 0.455. The molecule has 1 atom stereocenters. The van der Waals surface area contributed by atoms with Gasteiger partial charge in [0, 0.05) is 18.6 Å². The Hall–Kier alpha value is -2.69. The first kappa shape index (κ1) is 23.1. The number of ether oxygens (including phenoxy) is 1. The second kappa shape index (κ2) is 9.52. The van der Waals surface area contributed by atoms with Crippen LogP contribution in [0.5, 0.6) is 0 Å². The zero-order chi connectivity index (χ0) is 23.8. The van der Waals surface area contributed by atoms with Gasteiger partial charge in [0.25, 0.3) is 0 Å². The van der Waals surface area contributed by atoms with Crippen molar-refractivity contribution in [3.8, 4) is 0 Å². The number of amides is 1. The van der Waals surface area contributed by atoms with Gasteiger partial charge < -0.3 is 21.1 Å². The van der Waals surface area contributed by atoms with E-state index in [1.807, 2.05) is 4.57 Å². The summed E-state index contributed by atoms with van der Waals surface area (Å²) >= 11 is 12.5. The molecule has 1 aliphatic heterocycles. The number of fused-ring (bicyclic) bond motifs is 1. The third-order valence-electron chi connectivity index (χ3n) is 6.40. The summed E-state index contributed by atoms with van der Waals surface area (Å²) in [7, 11) is 0. The fourth-order valence-electron chi connectivity index (χ4n) is 4.62. The molecule has 1 amide bonds. The number of nitrogens with one attached hydrogen (secondary N) is 2. The second-order valence-electron chi connectivity index (χ2n) is 8.69. The van der Waals surface area contributed by atoms with E-state index in [2.05, 4.69) is 20.6 Å². The Bertz CT molecular complexity index is 1200. The number of nitrogens with two attached hydrogens (primary N) is 1. The summed E-state index contributed by atoms with van der Waals surface area (Å²) in [5.74, 6) is 0.00154. The van der Waals surface area contributed by atoms with Gasteiger partial charge in [0.2, 0.25) is 17.8 Å². The van der Waals surface area contributed by atoms with Crippen LogP contribution >= 0.6 is 23.2 Å². The van der Waals surface area contributed by atoms with Crippen LogP contribution in [-0.4, -0.2) is 44.7 Å². The van der Waals surface area contributed by atoms with Crippen LogP contribution in [0.15, 0.2) is 18.3 Å². The molecule has 1 saturated carbocycles. The van der Waals surface area contributed by atoms with E-state index in [9.17, 15) is 9.18 Å². The summed E-state index contributed by atoms with van der Waals surface area (Å²) in [6.07, 6.45) is 5.33. The van der Waals surface area contributed by atoms with Crippen molar-refractivity contribution in [2.24, 2.45) is 11.7 Å².